The Morgan fingerprint density at radius 2 is 2.00 bits per heavy atom. The lowest BCUT2D eigenvalue weighted by atomic mass is 10.3. The lowest BCUT2D eigenvalue weighted by Crippen LogP contribution is -2.03. The SMILES string of the molecule is CNc1nc(Nc2ccc(F)c(Cl)c2)ncc1F. The summed E-state index contributed by atoms with van der Waals surface area (Å²) >= 11 is 5.64. The normalized spacial score (nSPS) is 10.2. The van der Waals surface area contributed by atoms with Gasteiger partial charge in [0.2, 0.25) is 5.95 Å². The van der Waals surface area contributed by atoms with Crippen LogP contribution >= 0.6 is 11.6 Å². The quantitative estimate of drug-likeness (QED) is 0.899. The van der Waals surface area contributed by atoms with E-state index < -0.39 is 11.6 Å². The molecule has 0 aliphatic heterocycles. The molecule has 0 saturated carbocycles. The maximum Gasteiger partial charge on any atom is 0.229 e. The zero-order valence-electron chi connectivity index (χ0n) is 9.34. The molecule has 0 saturated heterocycles. The Hall–Kier alpha value is -1.95. The molecule has 0 bridgehead atoms. The summed E-state index contributed by atoms with van der Waals surface area (Å²) in [4.78, 5) is 7.65. The maximum atomic E-state index is 13.1. The molecule has 0 atom stereocenters. The van der Waals surface area contributed by atoms with E-state index in [-0.39, 0.29) is 16.8 Å². The van der Waals surface area contributed by atoms with Gasteiger partial charge in [0.1, 0.15) is 5.82 Å². The molecular formula is C11H9ClF2N4. The van der Waals surface area contributed by atoms with Gasteiger partial charge in [-0.2, -0.15) is 4.98 Å². The Labute approximate surface area is 107 Å². The maximum absolute atomic E-state index is 13.1. The number of rotatable bonds is 3. The van der Waals surface area contributed by atoms with E-state index in [0.717, 1.165) is 6.20 Å². The number of anilines is 3. The molecular weight excluding hydrogens is 262 g/mol. The predicted octanol–water partition coefficient (Wildman–Crippen LogP) is 3.19. The summed E-state index contributed by atoms with van der Waals surface area (Å²) in [5, 5.41) is 5.37. The van der Waals surface area contributed by atoms with Crippen LogP contribution in [0.2, 0.25) is 5.02 Å². The summed E-state index contributed by atoms with van der Waals surface area (Å²) in [6, 6.07) is 4.09. The van der Waals surface area contributed by atoms with Crippen LogP contribution in [0, 0.1) is 11.6 Å². The van der Waals surface area contributed by atoms with Crippen LogP contribution in [0.4, 0.5) is 26.2 Å². The molecule has 0 fully saturated rings. The molecule has 0 amide bonds. The summed E-state index contributed by atoms with van der Waals surface area (Å²) < 4.78 is 26.1. The Morgan fingerprint density at radius 1 is 1.22 bits per heavy atom. The first kappa shape index (κ1) is 12.5. The van der Waals surface area contributed by atoms with Crippen molar-refractivity contribution in [3.05, 3.63) is 41.1 Å². The highest BCUT2D eigenvalue weighted by molar-refractivity contribution is 6.31. The van der Waals surface area contributed by atoms with E-state index in [1.165, 1.54) is 18.2 Å². The van der Waals surface area contributed by atoms with Gasteiger partial charge in [-0.3, -0.25) is 0 Å². The Bertz CT molecular complexity index is 577. The third-order valence-corrected chi connectivity index (χ3v) is 2.45. The fraction of sp³-hybridized carbons (Fsp3) is 0.0909. The molecule has 1 aromatic carbocycles. The average Bonchev–Trinajstić information content (AvgIpc) is 2.36. The molecule has 1 heterocycles. The Balaban J connectivity index is 2.25. The van der Waals surface area contributed by atoms with E-state index in [0.29, 0.717) is 5.69 Å². The Morgan fingerprint density at radius 3 is 2.67 bits per heavy atom. The summed E-state index contributed by atoms with van der Waals surface area (Å²) in [7, 11) is 1.55. The Kier molecular flexibility index (Phi) is 3.57. The van der Waals surface area contributed by atoms with Gasteiger partial charge in [-0.05, 0) is 18.2 Å². The van der Waals surface area contributed by atoms with Gasteiger partial charge < -0.3 is 10.6 Å². The van der Waals surface area contributed by atoms with Crippen LogP contribution in [0.1, 0.15) is 0 Å². The number of benzene rings is 1. The number of hydrogen-bond acceptors (Lipinski definition) is 4. The number of nitrogens with zero attached hydrogens (tertiary/aromatic N) is 2. The van der Waals surface area contributed by atoms with Crippen molar-refractivity contribution in [2.45, 2.75) is 0 Å². The van der Waals surface area contributed by atoms with Crippen molar-refractivity contribution in [3.8, 4) is 0 Å². The fourth-order valence-electron chi connectivity index (χ4n) is 1.31. The number of nitrogens with one attached hydrogen (secondary N) is 2. The van der Waals surface area contributed by atoms with Crippen LogP contribution in [-0.4, -0.2) is 17.0 Å². The second-order valence-corrected chi connectivity index (χ2v) is 3.80. The first-order valence-corrected chi connectivity index (χ1v) is 5.40. The highest BCUT2D eigenvalue weighted by Gasteiger charge is 2.06. The summed E-state index contributed by atoms with van der Waals surface area (Å²) in [6.07, 6.45) is 1.03. The van der Waals surface area contributed by atoms with Gasteiger partial charge in [0.25, 0.3) is 0 Å². The van der Waals surface area contributed by atoms with Gasteiger partial charge in [-0.25, -0.2) is 13.8 Å². The zero-order valence-corrected chi connectivity index (χ0v) is 10.1. The standard InChI is InChI=1S/C11H9ClF2N4/c1-15-10-9(14)5-16-11(18-10)17-6-2-3-8(13)7(12)4-6/h2-5H,1H3,(H2,15,16,17,18). The van der Waals surface area contributed by atoms with Crippen LogP contribution in [0.15, 0.2) is 24.4 Å². The smallest absolute Gasteiger partial charge is 0.229 e. The van der Waals surface area contributed by atoms with E-state index in [4.69, 9.17) is 11.6 Å². The first-order valence-electron chi connectivity index (χ1n) is 5.02. The minimum atomic E-state index is -0.555. The summed E-state index contributed by atoms with van der Waals surface area (Å²) in [6.45, 7) is 0. The molecule has 0 aliphatic carbocycles. The second kappa shape index (κ2) is 5.14. The van der Waals surface area contributed by atoms with Gasteiger partial charge in [-0.15, -0.1) is 0 Å². The largest absolute Gasteiger partial charge is 0.371 e. The topological polar surface area (TPSA) is 49.8 Å². The molecule has 7 heteroatoms. The molecule has 2 N–H and O–H groups in total. The lowest BCUT2D eigenvalue weighted by Gasteiger charge is -2.07. The number of aromatic nitrogens is 2. The summed E-state index contributed by atoms with van der Waals surface area (Å²) in [5.74, 6) is -0.817. The monoisotopic (exact) mass is 270 g/mol. The lowest BCUT2D eigenvalue weighted by molar-refractivity contribution is 0.619. The van der Waals surface area contributed by atoms with Crippen molar-refractivity contribution < 1.29 is 8.78 Å². The van der Waals surface area contributed by atoms with Crippen LogP contribution in [-0.2, 0) is 0 Å². The minimum Gasteiger partial charge on any atom is -0.371 e. The van der Waals surface area contributed by atoms with Crippen LogP contribution in [0.5, 0.6) is 0 Å². The zero-order chi connectivity index (χ0) is 13.1. The van der Waals surface area contributed by atoms with E-state index in [1.807, 2.05) is 0 Å². The van der Waals surface area contributed by atoms with E-state index in [9.17, 15) is 8.78 Å². The third kappa shape index (κ3) is 2.65. The minimum absolute atomic E-state index is 0.0176. The molecule has 0 radical (unpaired) electrons. The molecule has 18 heavy (non-hydrogen) atoms. The molecule has 0 aliphatic rings. The van der Waals surface area contributed by atoms with Crippen LogP contribution < -0.4 is 10.6 Å². The van der Waals surface area contributed by atoms with Crippen LogP contribution in [0.25, 0.3) is 0 Å². The van der Waals surface area contributed by atoms with Crippen molar-refractivity contribution >= 4 is 29.1 Å². The summed E-state index contributed by atoms with van der Waals surface area (Å²) in [5.41, 5.74) is 0.509. The van der Waals surface area contributed by atoms with Crippen molar-refractivity contribution in [2.24, 2.45) is 0 Å². The number of halogens is 3. The van der Waals surface area contributed by atoms with Gasteiger partial charge in [0, 0.05) is 12.7 Å². The predicted molar refractivity (Wildman–Crippen MR) is 66.2 cm³/mol. The fourth-order valence-corrected chi connectivity index (χ4v) is 1.49. The second-order valence-electron chi connectivity index (χ2n) is 3.39. The third-order valence-electron chi connectivity index (χ3n) is 2.16. The molecule has 2 aromatic rings. The molecule has 2 rings (SSSR count). The van der Waals surface area contributed by atoms with Crippen molar-refractivity contribution in [2.75, 3.05) is 17.7 Å². The van der Waals surface area contributed by atoms with Gasteiger partial charge in [-0.1, -0.05) is 11.6 Å². The molecule has 94 valence electrons. The van der Waals surface area contributed by atoms with E-state index in [2.05, 4.69) is 20.6 Å². The van der Waals surface area contributed by atoms with Gasteiger partial charge in [0.15, 0.2) is 11.6 Å². The van der Waals surface area contributed by atoms with E-state index in [1.54, 1.807) is 7.05 Å². The molecule has 0 unspecified atom stereocenters. The average molecular weight is 271 g/mol. The molecule has 4 nitrogen and oxygen atoms in total. The first-order chi connectivity index (χ1) is 8.60. The highest BCUT2D eigenvalue weighted by atomic mass is 35.5. The van der Waals surface area contributed by atoms with E-state index >= 15 is 0 Å². The van der Waals surface area contributed by atoms with Crippen molar-refractivity contribution in [1.82, 2.24) is 9.97 Å². The van der Waals surface area contributed by atoms with Crippen molar-refractivity contribution in [1.29, 1.82) is 0 Å². The molecule has 0 spiro atoms. The number of hydrogen-bond donors (Lipinski definition) is 2. The van der Waals surface area contributed by atoms with Crippen molar-refractivity contribution in [3.63, 3.8) is 0 Å². The highest BCUT2D eigenvalue weighted by Crippen LogP contribution is 2.22. The van der Waals surface area contributed by atoms with Crippen LogP contribution in [0.3, 0.4) is 0 Å². The van der Waals surface area contributed by atoms with Gasteiger partial charge >= 0.3 is 0 Å². The molecule has 1 aromatic heterocycles. The van der Waals surface area contributed by atoms with Gasteiger partial charge in [0.05, 0.1) is 11.2 Å².